The van der Waals surface area contributed by atoms with Crippen LogP contribution >= 0.6 is 11.3 Å². The van der Waals surface area contributed by atoms with Crippen LogP contribution in [0.25, 0.3) is 0 Å². The molecule has 0 radical (unpaired) electrons. The fourth-order valence-corrected chi connectivity index (χ4v) is 3.77. The number of nitrogens with one attached hydrogen (secondary N) is 1. The van der Waals surface area contributed by atoms with Crippen molar-refractivity contribution in [3.8, 4) is 0 Å². The molecule has 1 aromatic heterocycles. The molecule has 1 atom stereocenters. The van der Waals surface area contributed by atoms with Crippen molar-refractivity contribution in [2.45, 2.75) is 51.1 Å². The number of aryl methyl sites for hydroxylation is 1. The van der Waals surface area contributed by atoms with Crippen molar-refractivity contribution in [1.29, 1.82) is 0 Å². The minimum Gasteiger partial charge on any atom is -0.311 e. The highest BCUT2D eigenvalue weighted by Gasteiger charge is 2.30. The Morgan fingerprint density at radius 1 is 1.20 bits per heavy atom. The molecule has 0 saturated heterocycles. The molecule has 0 aliphatic heterocycles. The van der Waals surface area contributed by atoms with Crippen molar-refractivity contribution < 1.29 is 0 Å². The molecule has 1 saturated carbocycles. The molecular weight excluding hydrogens is 262 g/mol. The molecule has 2 aromatic rings. The van der Waals surface area contributed by atoms with E-state index in [9.17, 15) is 0 Å². The minimum absolute atomic E-state index is 0.577. The van der Waals surface area contributed by atoms with Crippen LogP contribution in [0.2, 0.25) is 0 Å². The van der Waals surface area contributed by atoms with Crippen LogP contribution in [0.1, 0.15) is 42.4 Å². The van der Waals surface area contributed by atoms with Crippen molar-refractivity contribution in [2.24, 2.45) is 0 Å². The van der Waals surface area contributed by atoms with E-state index in [0.29, 0.717) is 12.1 Å². The molecule has 20 heavy (non-hydrogen) atoms. The average molecular weight is 285 g/mol. The molecule has 1 N–H and O–H groups in total. The van der Waals surface area contributed by atoms with Crippen molar-refractivity contribution in [3.05, 3.63) is 57.8 Å². The summed E-state index contributed by atoms with van der Waals surface area (Å²) in [6.45, 7) is 4.46. The molecule has 1 fully saturated rings. The summed E-state index contributed by atoms with van der Waals surface area (Å²) in [6.07, 6.45) is 3.73. The van der Waals surface area contributed by atoms with Gasteiger partial charge in [-0.15, -0.1) is 0 Å². The quantitative estimate of drug-likeness (QED) is 0.851. The zero-order valence-corrected chi connectivity index (χ0v) is 13.1. The molecule has 1 unspecified atom stereocenters. The van der Waals surface area contributed by atoms with Gasteiger partial charge in [-0.2, -0.15) is 11.3 Å². The van der Waals surface area contributed by atoms with Gasteiger partial charge in [-0.1, -0.05) is 29.8 Å². The van der Waals surface area contributed by atoms with Crippen LogP contribution in [0, 0.1) is 6.92 Å². The summed E-state index contributed by atoms with van der Waals surface area (Å²) in [5.41, 5.74) is 4.33. The molecule has 0 spiro atoms. The molecule has 1 nitrogen and oxygen atoms in total. The zero-order valence-electron chi connectivity index (χ0n) is 12.3. The van der Waals surface area contributed by atoms with Crippen LogP contribution in [0.3, 0.4) is 0 Å². The standard InChI is InChI=1S/C18H23NS/c1-13-3-5-16(6-4-13)17-10-18(11-17)19-14(2)9-15-7-8-20-12-15/h3-8,12,14,17-19H,9-11H2,1-2H3. The van der Waals surface area contributed by atoms with Gasteiger partial charge >= 0.3 is 0 Å². The molecule has 1 aromatic carbocycles. The van der Waals surface area contributed by atoms with Gasteiger partial charge in [0.05, 0.1) is 0 Å². The number of thiophene rings is 1. The normalized spacial score (nSPS) is 23.3. The molecule has 1 heterocycles. The fourth-order valence-electron chi connectivity index (χ4n) is 3.09. The second kappa shape index (κ2) is 6.11. The van der Waals surface area contributed by atoms with Crippen LogP contribution < -0.4 is 5.32 Å². The number of benzene rings is 1. The Kier molecular flexibility index (Phi) is 4.23. The maximum Gasteiger partial charge on any atom is 0.00820 e. The minimum atomic E-state index is 0.577. The molecule has 106 valence electrons. The van der Waals surface area contributed by atoms with E-state index in [1.807, 2.05) is 0 Å². The maximum absolute atomic E-state index is 3.77. The Morgan fingerprint density at radius 3 is 2.60 bits per heavy atom. The average Bonchev–Trinajstić information content (AvgIpc) is 2.87. The van der Waals surface area contributed by atoms with E-state index in [-0.39, 0.29) is 0 Å². The fraction of sp³-hybridized carbons (Fsp3) is 0.444. The molecular formula is C18H23NS. The van der Waals surface area contributed by atoms with Gasteiger partial charge in [-0.25, -0.2) is 0 Å². The Bertz CT molecular complexity index is 523. The summed E-state index contributed by atoms with van der Waals surface area (Å²) in [7, 11) is 0. The monoisotopic (exact) mass is 285 g/mol. The van der Waals surface area contributed by atoms with E-state index >= 15 is 0 Å². The van der Waals surface area contributed by atoms with Crippen molar-refractivity contribution in [2.75, 3.05) is 0 Å². The van der Waals surface area contributed by atoms with Crippen LogP contribution in [-0.2, 0) is 6.42 Å². The van der Waals surface area contributed by atoms with Crippen molar-refractivity contribution >= 4 is 11.3 Å². The van der Waals surface area contributed by atoms with Gasteiger partial charge in [-0.3, -0.25) is 0 Å². The molecule has 2 heteroatoms. The third-order valence-electron chi connectivity index (χ3n) is 4.33. The first-order valence-electron chi connectivity index (χ1n) is 7.54. The lowest BCUT2D eigenvalue weighted by Crippen LogP contribution is -2.45. The first-order chi connectivity index (χ1) is 9.70. The highest BCUT2D eigenvalue weighted by molar-refractivity contribution is 7.07. The molecule has 0 amide bonds. The lowest BCUT2D eigenvalue weighted by molar-refractivity contribution is 0.269. The van der Waals surface area contributed by atoms with Gasteiger partial charge in [-0.05, 0) is 67.0 Å². The topological polar surface area (TPSA) is 12.0 Å². The summed E-state index contributed by atoms with van der Waals surface area (Å²) in [5.74, 6) is 0.765. The third-order valence-corrected chi connectivity index (χ3v) is 5.06. The summed E-state index contributed by atoms with van der Waals surface area (Å²) in [6, 6.07) is 12.6. The second-order valence-corrected chi connectivity index (χ2v) is 6.96. The number of rotatable bonds is 5. The van der Waals surface area contributed by atoms with Crippen LogP contribution in [-0.4, -0.2) is 12.1 Å². The van der Waals surface area contributed by atoms with E-state index in [4.69, 9.17) is 0 Å². The molecule has 1 aliphatic rings. The van der Waals surface area contributed by atoms with Crippen LogP contribution in [0.4, 0.5) is 0 Å². The Labute approximate surface area is 126 Å². The highest BCUT2D eigenvalue weighted by atomic mass is 32.1. The van der Waals surface area contributed by atoms with E-state index in [2.05, 4.69) is 60.3 Å². The summed E-state index contributed by atoms with van der Waals surface area (Å²) < 4.78 is 0. The molecule has 1 aliphatic carbocycles. The van der Waals surface area contributed by atoms with E-state index in [1.54, 1.807) is 11.3 Å². The van der Waals surface area contributed by atoms with Crippen LogP contribution in [0.5, 0.6) is 0 Å². The Balaban J connectivity index is 1.45. The van der Waals surface area contributed by atoms with Gasteiger partial charge in [0, 0.05) is 12.1 Å². The number of hydrogen-bond acceptors (Lipinski definition) is 2. The Hall–Kier alpha value is -1.12. The van der Waals surface area contributed by atoms with Gasteiger partial charge in [0.25, 0.3) is 0 Å². The van der Waals surface area contributed by atoms with Gasteiger partial charge in [0.1, 0.15) is 0 Å². The predicted molar refractivity (Wildman–Crippen MR) is 87.6 cm³/mol. The van der Waals surface area contributed by atoms with E-state index in [1.165, 1.54) is 29.5 Å². The maximum atomic E-state index is 3.77. The first-order valence-corrected chi connectivity index (χ1v) is 8.48. The highest BCUT2D eigenvalue weighted by Crippen LogP contribution is 2.37. The van der Waals surface area contributed by atoms with Gasteiger partial charge in [0.15, 0.2) is 0 Å². The largest absolute Gasteiger partial charge is 0.311 e. The lowest BCUT2D eigenvalue weighted by Gasteiger charge is -2.38. The summed E-state index contributed by atoms with van der Waals surface area (Å²) in [5, 5.41) is 8.19. The predicted octanol–water partition coefficient (Wildman–Crippen LogP) is 4.52. The Morgan fingerprint density at radius 2 is 1.95 bits per heavy atom. The van der Waals surface area contributed by atoms with E-state index < -0.39 is 0 Å². The van der Waals surface area contributed by atoms with Gasteiger partial charge in [0.2, 0.25) is 0 Å². The summed E-state index contributed by atoms with van der Waals surface area (Å²) >= 11 is 1.79. The SMILES string of the molecule is Cc1ccc(C2CC(NC(C)Cc3ccsc3)C2)cc1. The third kappa shape index (κ3) is 3.31. The second-order valence-electron chi connectivity index (χ2n) is 6.18. The lowest BCUT2D eigenvalue weighted by atomic mass is 9.75. The van der Waals surface area contributed by atoms with Gasteiger partial charge < -0.3 is 5.32 Å². The molecule has 3 rings (SSSR count). The molecule has 0 bridgehead atoms. The zero-order chi connectivity index (χ0) is 13.9. The first kappa shape index (κ1) is 13.8. The summed E-state index contributed by atoms with van der Waals surface area (Å²) in [4.78, 5) is 0. The van der Waals surface area contributed by atoms with Crippen LogP contribution in [0.15, 0.2) is 41.1 Å². The van der Waals surface area contributed by atoms with Crippen molar-refractivity contribution in [3.63, 3.8) is 0 Å². The smallest absolute Gasteiger partial charge is 0.00820 e. The van der Waals surface area contributed by atoms with E-state index in [0.717, 1.165) is 12.3 Å². The van der Waals surface area contributed by atoms with Crippen molar-refractivity contribution in [1.82, 2.24) is 5.32 Å². The number of hydrogen-bond donors (Lipinski definition) is 1.